The van der Waals surface area contributed by atoms with Crippen LogP contribution in [0.15, 0.2) is 30.6 Å². The quantitative estimate of drug-likeness (QED) is 0.854. The smallest absolute Gasteiger partial charge is 0.296 e. The Kier molecular flexibility index (Phi) is 3.88. The number of carbonyl (C=O) groups excluding carboxylic acids is 1. The molecule has 0 aromatic carbocycles. The molecule has 0 unspecified atom stereocenters. The van der Waals surface area contributed by atoms with Crippen molar-refractivity contribution in [2.24, 2.45) is 0 Å². The van der Waals surface area contributed by atoms with Crippen LogP contribution in [0.4, 0.5) is 19.0 Å². The first kappa shape index (κ1) is 14.9. The monoisotopic (exact) mass is 296 g/mol. The van der Waals surface area contributed by atoms with Gasteiger partial charge in [0.1, 0.15) is 17.3 Å². The van der Waals surface area contributed by atoms with Crippen molar-refractivity contribution in [1.29, 1.82) is 0 Å². The average molecular weight is 296 g/mol. The van der Waals surface area contributed by atoms with Crippen LogP contribution < -0.4 is 4.90 Å². The second kappa shape index (κ2) is 5.47. The van der Waals surface area contributed by atoms with Crippen LogP contribution in [0.5, 0.6) is 0 Å². The molecule has 8 heteroatoms. The number of nitrogens with zero attached hydrogens (tertiary/aromatic N) is 4. The van der Waals surface area contributed by atoms with E-state index >= 15 is 0 Å². The molecule has 110 valence electrons. The average Bonchev–Trinajstić information content (AvgIpc) is 2.45. The number of hydrogen-bond acceptors (Lipinski definition) is 4. The zero-order valence-corrected chi connectivity index (χ0v) is 11.2. The molecule has 0 saturated carbocycles. The lowest BCUT2D eigenvalue weighted by Gasteiger charge is -2.16. The van der Waals surface area contributed by atoms with E-state index in [0.29, 0.717) is 11.6 Å². The van der Waals surface area contributed by atoms with Gasteiger partial charge in [0.2, 0.25) is 0 Å². The van der Waals surface area contributed by atoms with E-state index in [2.05, 4.69) is 15.0 Å². The lowest BCUT2D eigenvalue weighted by Crippen LogP contribution is -2.27. The van der Waals surface area contributed by atoms with Gasteiger partial charge in [-0.05, 0) is 25.1 Å². The van der Waals surface area contributed by atoms with Crippen molar-refractivity contribution in [3.05, 3.63) is 47.7 Å². The number of aromatic nitrogens is 3. The van der Waals surface area contributed by atoms with Crippen LogP contribution in [0.1, 0.15) is 21.9 Å². The van der Waals surface area contributed by atoms with Gasteiger partial charge in [-0.2, -0.15) is 13.2 Å². The van der Waals surface area contributed by atoms with Crippen molar-refractivity contribution >= 4 is 11.7 Å². The summed E-state index contributed by atoms with van der Waals surface area (Å²) in [6.45, 7) is 1.67. The van der Waals surface area contributed by atoms with Crippen LogP contribution >= 0.6 is 0 Å². The van der Waals surface area contributed by atoms with Crippen molar-refractivity contribution in [2.45, 2.75) is 13.1 Å². The van der Waals surface area contributed by atoms with Crippen LogP contribution in [0.25, 0.3) is 0 Å². The fourth-order valence-electron chi connectivity index (χ4n) is 1.62. The molecular weight excluding hydrogens is 285 g/mol. The second-order valence-corrected chi connectivity index (χ2v) is 4.26. The Morgan fingerprint density at radius 2 is 1.90 bits per heavy atom. The van der Waals surface area contributed by atoms with Crippen molar-refractivity contribution in [3.8, 4) is 0 Å². The summed E-state index contributed by atoms with van der Waals surface area (Å²) in [5.74, 6) is 0.333. The van der Waals surface area contributed by atoms with Crippen LogP contribution in [0.3, 0.4) is 0 Å². The Morgan fingerprint density at radius 1 is 1.19 bits per heavy atom. The van der Waals surface area contributed by atoms with Crippen LogP contribution in [0.2, 0.25) is 0 Å². The van der Waals surface area contributed by atoms with Gasteiger partial charge in [-0.1, -0.05) is 0 Å². The number of alkyl halides is 3. The third-order valence-corrected chi connectivity index (χ3v) is 2.71. The summed E-state index contributed by atoms with van der Waals surface area (Å²) in [4.78, 5) is 24.6. The molecule has 2 aromatic rings. The first-order valence-corrected chi connectivity index (χ1v) is 5.90. The highest BCUT2D eigenvalue weighted by Gasteiger charge is 2.32. The lowest BCUT2D eigenvalue weighted by atomic mass is 10.2. The van der Waals surface area contributed by atoms with E-state index in [1.807, 2.05) is 0 Å². The number of carbonyl (C=O) groups is 1. The van der Waals surface area contributed by atoms with Crippen molar-refractivity contribution in [1.82, 2.24) is 15.0 Å². The highest BCUT2D eigenvalue weighted by Crippen LogP contribution is 2.27. The number of hydrogen-bond donors (Lipinski definition) is 0. The van der Waals surface area contributed by atoms with Gasteiger partial charge in [-0.3, -0.25) is 14.7 Å². The Hall–Kier alpha value is -2.51. The van der Waals surface area contributed by atoms with Gasteiger partial charge < -0.3 is 0 Å². The minimum Gasteiger partial charge on any atom is -0.296 e. The topological polar surface area (TPSA) is 59.0 Å². The van der Waals surface area contributed by atoms with Crippen LogP contribution in [0, 0.1) is 6.92 Å². The molecule has 2 aromatic heterocycles. The van der Waals surface area contributed by atoms with Gasteiger partial charge in [-0.25, -0.2) is 9.97 Å². The molecule has 0 fully saturated rings. The molecule has 0 aliphatic heterocycles. The molecule has 21 heavy (non-hydrogen) atoms. The van der Waals surface area contributed by atoms with Crippen molar-refractivity contribution < 1.29 is 18.0 Å². The summed E-state index contributed by atoms with van der Waals surface area (Å²) < 4.78 is 37.2. The zero-order valence-electron chi connectivity index (χ0n) is 11.2. The number of amides is 1. The van der Waals surface area contributed by atoms with Gasteiger partial charge >= 0.3 is 6.18 Å². The maximum atomic E-state index is 12.4. The zero-order chi connectivity index (χ0) is 15.6. The predicted octanol–water partition coefficient (Wildman–Crippen LogP) is 2.48. The SMILES string of the molecule is Cc1nccc(N(C)C(=O)c2ccc(C(F)(F)F)nc2)n1. The fraction of sp³-hybridized carbons (Fsp3) is 0.231. The van der Waals surface area contributed by atoms with Crippen LogP contribution in [-0.2, 0) is 6.18 Å². The van der Waals surface area contributed by atoms with Gasteiger partial charge in [-0.15, -0.1) is 0 Å². The highest BCUT2D eigenvalue weighted by atomic mass is 19.4. The molecule has 5 nitrogen and oxygen atoms in total. The molecule has 0 aliphatic rings. The molecule has 0 radical (unpaired) electrons. The van der Waals surface area contributed by atoms with Gasteiger partial charge in [0.15, 0.2) is 0 Å². The normalized spacial score (nSPS) is 11.3. The molecule has 0 aliphatic carbocycles. The summed E-state index contributed by atoms with van der Waals surface area (Å²) in [6.07, 6.45) is -2.14. The molecular formula is C13H11F3N4O. The third-order valence-electron chi connectivity index (χ3n) is 2.71. The Bertz CT molecular complexity index is 655. The maximum Gasteiger partial charge on any atom is 0.433 e. The van der Waals surface area contributed by atoms with E-state index in [4.69, 9.17) is 0 Å². The summed E-state index contributed by atoms with van der Waals surface area (Å²) in [7, 11) is 1.47. The largest absolute Gasteiger partial charge is 0.433 e. The Labute approximate surface area is 118 Å². The molecule has 1 amide bonds. The number of rotatable bonds is 2. The molecule has 0 spiro atoms. The van der Waals surface area contributed by atoms with E-state index < -0.39 is 17.8 Å². The molecule has 0 saturated heterocycles. The molecule has 0 atom stereocenters. The van der Waals surface area contributed by atoms with E-state index in [-0.39, 0.29) is 5.56 Å². The van der Waals surface area contributed by atoms with Gasteiger partial charge in [0.25, 0.3) is 5.91 Å². The number of aryl methyl sites for hydroxylation is 1. The molecule has 2 heterocycles. The second-order valence-electron chi connectivity index (χ2n) is 4.26. The third kappa shape index (κ3) is 3.33. The minimum absolute atomic E-state index is 0.0433. The summed E-state index contributed by atoms with van der Waals surface area (Å²) >= 11 is 0. The Balaban J connectivity index is 2.24. The fourth-order valence-corrected chi connectivity index (χ4v) is 1.62. The first-order chi connectivity index (χ1) is 9.79. The number of pyridine rings is 1. The predicted molar refractivity (Wildman–Crippen MR) is 68.7 cm³/mol. The van der Waals surface area contributed by atoms with Crippen LogP contribution in [-0.4, -0.2) is 27.9 Å². The van der Waals surface area contributed by atoms with E-state index in [0.717, 1.165) is 18.3 Å². The number of anilines is 1. The summed E-state index contributed by atoms with van der Waals surface area (Å²) in [5, 5.41) is 0. The van der Waals surface area contributed by atoms with E-state index in [1.165, 1.54) is 24.2 Å². The van der Waals surface area contributed by atoms with Crippen molar-refractivity contribution in [2.75, 3.05) is 11.9 Å². The van der Waals surface area contributed by atoms with E-state index in [1.54, 1.807) is 6.92 Å². The molecule has 2 rings (SSSR count). The standard InChI is InChI=1S/C13H11F3N4O/c1-8-17-6-5-11(19-8)20(2)12(21)9-3-4-10(18-7-9)13(14,15)16/h3-7H,1-2H3. The minimum atomic E-state index is -4.53. The van der Waals surface area contributed by atoms with Gasteiger partial charge in [0, 0.05) is 19.4 Å². The summed E-state index contributed by atoms with van der Waals surface area (Å²) in [5.41, 5.74) is -0.999. The van der Waals surface area contributed by atoms with Gasteiger partial charge in [0.05, 0.1) is 5.56 Å². The van der Waals surface area contributed by atoms with Crippen molar-refractivity contribution in [3.63, 3.8) is 0 Å². The molecule has 0 bridgehead atoms. The van der Waals surface area contributed by atoms with E-state index in [9.17, 15) is 18.0 Å². The maximum absolute atomic E-state index is 12.4. The highest BCUT2D eigenvalue weighted by molar-refractivity contribution is 6.04. The molecule has 0 N–H and O–H groups in total. The summed E-state index contributed by atoms with van der Waals surface area (Å²) in [6, 6.07) is 3.39. The first-order valence-electron chi connectivity index (χ1n) is 5.90. The number of halogens is 3. The Morgan fingerprint density at radius 3 is 2.43 bits per heavy atom. The lowest BCUT2D eigenvalue weighted by molar-refractivity contribution is -0.141.